The lowest BCUT2D eigenvalue weighted by molar-refractivity contribution is -0.129. The van der Waals surface area contributed by atoms with Crippen molar-refractivity contribution >= 4 is 28.6 Å². The van der Waals surface area contributed by atoms with E-state index in [0.29, 0.717) is 17.7 Å². The highest BCUT2D eigenvalue weighted by atomic mass is 32.1. The van der Waals surface area contributed by atoms with Gasteiger partial charge in [0.1, 0.15) is 5.75 Å². The molecule has 0 bridgehead atoms. The Hall–Kier alpha value is -2.33. The molecule has 1 aromatic heterocycles. The summed E-state index contributed by atoms with van der Waals surface area (Å²) in [5, 5.41) is 2.01. The Balaban J connectivity index is 1.91. The Morgan fingerprint density at radius 1 is 1.38 bits per heavy atom. The summed E-state index contributed by atoms with van der Waals surface area (Å²) < 4.78 is 5.67. The van der Waals surface area contributed by atoms with Gasteiger partial charge in [-0.1, -0.05) is 18.7 Å². The summed E-state index contributed by atoms with van der Waals surface area (Å²) in [6, 6.07) is 8.03. The minimum Gasteiger partial charge on any atom is -0.423 e. The number of hydrogen-bond donors (Lipinski definition) is 0. The molecule has 0 N–H and O–H groups in total. The molecule has 0 amide bonds. The first kappa shape index (κ1) is 16.5. The standard InChI is InChI=1S/C20H21NO2S/c1-5-21(4)16-8-6-15-7-9-18(20(22)23-19(15)12-16)13(2)17-10-11-24-14(17)3/h6,8-12H,2,5,7H2,1,3-4H3. The van der Waals surface area contributed by atoms with E-state index in [-0.39, 0.29) is 5.97 Å². The van der Waals surface area contributed by atoms with E-state index in [4.69, 9.17) is 4.74 Å². The lowest BCUT2D eigenvalue weighted by Gasteiger charge is -2.18. The number of esters is 1. The highest BCUT2D eigenvalue weighted by Gasteiger charge is 2.23. The number of hydrogen-bond acceptors (Lipinski definition) is 4. The summed E-state index contributed by atoms with van der Waals surface area (Å²) in [5.41, 5.74) is 4.36. The Bertz CT molecular complexity index is 832. The van der Waals surface area contributed by atoms with E-state index in [0.717, 1.165) is 33.8 Å². The fraction of sp³-hybridized carbons (Fsp3) is 0.250. The van der Waals surface area contributed by atoms with Crippen molar-refractivity contribution in [2.24, 2.45) is 0 Å². The number of carbonyl (C=O) groups excluding carboxylic acids is 1. The summed E-state index contributed by atoms with van der Waals surface area (Å²) >= 11 is 1.65. The Kier molecular flexibility index (Phi) is 4.58. The molecule has 3 nitrogen and oxygen atoms in total. The van der Waals surface area contributed by atoms with Gasteiger partial charge < -0.3 is 9.64 Å². The first-order valence-corrected chi connectivity index (χ1v) is 8.89. The zero-order chi connectivity index (χ0) is 17.3. The van der Waals surface area contributed by atoms with Crippen LogP contribution in [0.1, 0.15) is 22.9 Å². The molecule has 1 aliphatic heterocycles. The molecule has 0 saturated carbocycles. The van der Waals surface area contributed by atoms with Crippen molar-refractivity contribution in [3.8, 4) is 5.75 Å². The molecule has 0 saturated heterocycles. The molecular weight excluding hydrogens is 318 g/mol. The molecule has 0 radical (unpaired) electrons. The van der Waals surface area contributed by atoms with Crippen molar-refractivity contribution in [1.82, 2.24) is 0 Å². The van der Waals surface area contributed by atoms with Crippen molar-refractivity contribution in [3.05, 3.63) is 63.9 Å². The van der Waals surface area contributed by atoms with E-state index in [1.807, 2.05) is 43.6 Å². The molecule has 0 atom stereocenters. The van der Waals surface area contributed by atoms with Gasteiger partial charge in [0, 0.05) is 30.2 Å². The second kappa shape index (κ2) is 6.65. The molecule has 4 heteroatoms. The van der Waals surface area contributed by atoms with Crippen LogP contribution in [-0.4, -0.2) is 19.6 Å². The van der Waals surface area contributed by atoms with Gasteiger partial charge in [0.2, 0.25) is 0 Å². The van der Waals surface area contributed by atoms with Gasteiger partial charge in [-0.15, -0.1) is 11.3 Å². The van der Waals surface area contributed by atoms with Crippen LogP contribution in [0.25, 0.3) is 5.57 Å². The monoisotopic (exact) mass is 339 g/mol. The van der Waals surface area contributed by atoms with Crippen molar-refractivity contribution < 1.29 is 9.53 Å². The molecule has 0 fully saturated rings. The third-order valence-electron chi connectivity index (χ3n) is 4.42. The average molecular weight is 339 g/mol. The number of benzene rings is 1. The van der Waals surface area contributed by atoms with Gasteiger partial charge in [0.15, 0.2) is 0 Å². The highest BCUT2D eigenvalue weighted by Crippen LogP contribution is 2.33. The van der Waals surface area contributed by atoms with Gasteiger partial charge in [0.25, 0.3) is 0 Å². The highest BCUT2D eigenvalue weighted by molar-refractivity contribution is 7.10. The Morgan fingerprint density at radius 2 is 2.17 bits per heavy atom. The maximum Gasteiger partial charge on any atom is 0.343 e. The maximum absolute atomic E-state index is 12.6. The Labute approximate surface area is 146 Å². The first-order chi connectivity index (χ1) is 11.5. The zero-order valence-corrected chi connectivity index (χ0v) is 15.1. The number of nitrogens with zero attached hydrogens (tertiary/aromatic N) is 1. The fourth-order valence-corrected chi connectivity index (χ4v) is 3.49. The van der Waals surface area contributed by atoms with E-state index in [9.17, 15) is 4.79 Å². The predicted molar refractivity (Wildman–Crippen MR) is 101 cm³/mol. The molecule has 0 unspecified atom stereocenters. The van der Waals surface area contributed by atoms with Gasteiger partial charge in [-0.2, -0.15) is 0 Å². The summed E-state index contributed by atoms with van der Waals surface area (Å²) in [4.78, 5) is 15.9. The van der Waals surface area contributed by atoms with Crippen molar-refractivity contribution in [3.63, 3.8) is 0 Å². The maximum atomic E-state index is 12.6. The van der Waals surface area contributed by atoms with E-state index in [2.05, 4.69) is 24.5 Å². The zero-order valence-electron chi connectivity index (χ0n) is 14.3. The SMILES string of the molecule is C=C(C1=CCc2ccc(N(C)CC)cc2OC1=O)c1ccsc1C. The molecule has 2 aromatic rings. The Morgan fingerprint density at radius 3 is 2.83 bits per heavy atom. The third-order valence-corrected chi connectivity index (χ3v) is 5.27. The van der Waals surface area contributed by atoms with Gasteiger partial charge in [-0.25, -0.2) is 4.79 Å². The van der Waals surface area contributed by atoms with Crippen molar-refractivity contribution in [2.75, 3.05) is 18.5 Å². The van der Waals surface area contributed by atoms with Gasteiger partial charge in [-0.05, 0) is 54.5 Å². The lowest BCUT2D eigenvalue weighted by atomic mass is 9.99. The first-order valence-electron chi connectivity index (χ1n) is 8.01. The number of allylic oxidation sites excluding steroid dienone is 1. The molecule has 1 aliphatic rings. The molecular formula is C20H21NO2S. The molecule has 24 heavy (non-hydrogen) atoms. The topological polar surface area (TPSA) is 29.5 Å². The number of fused-ring (bicyclic) bond motifs is 1. The predicted octanol–water partition coefficient (Wildman–Crippen LogP) is 4.61. The minimum atomic E-state index is -0.333. The van der Waals surface area contributed by atoms with Crippen LogP contribution in [0.4, 0.5) is 5.69 Å². The summed E-state index contributed by atoms with van der Waals surface area (Å²) in [6.07, 6.45) is 2.59. The van der Waals surface area contributed by atoms with E-state index >= 15 is 0 Å². The third kappa shape index (κ3) is 3.02. The van der Waals surface area contributed by atoms with Gasteiger partial charge in [-0.3, -0.25) is 0 Å². The summed E-state index contributed by atoms with van der Waals surface area (Å²) in [5.74, 6) is 0.305. The second-order valence-corrected chi connectivity index (χ2v) is 7.01. The molecule has 0 aliphatic carbocycles. The second-order valence-electron chi connectivity index (χ2n) is 5.89. The van der Waals surface area contributed by atoms with Crippen LogP contribution in [0, 0.1) is 6.92 Å². The summed E-state index contributed by atoms with van der Waals surface area (Å²) in [7, 11) is 2.02. The van der Waals surface area contributed by atoms with Crippen LogP contribution in [0.5, 0.6) is 5.75 Å². The van der Waals surface area contributed by atoms with Crippen molar-refractivity contribution in [1.29, 1.82) is 0 Å². The van der Waals surface area contributed by atoms with Crippen LogP contribution >= 0.6 is 11.3 Å². The smallest absolute Gasteiger partial charge is 0.343 e. The number of carbonyl (C=O) groups is 1. The molecule has 0 spiro atoms. The molecule has 2 heterocycles. The lowest BCUT2D eigenvalue weighted by Crippen LogP contribution is -2.16. The van der Waals surface area contributed by atoms with Crippen molar-refractivity contribution in [2.45, 2.75) is 20.3 Å². The number of anilines is 1. The quantitative estimate of drug-likeness (QED) is 0.601. The number of rotatable bonds is 4. The fourth-order valence-electron chi connectivity index (χ4n) is 2.77. The van der Waals surface area contributed by atoms with E-state index in [1.165, 1.54) is 0 Å². The molecule has 3 rings (SSSR count). The number of aryl methyl sites for hydroxylation is 1. The van der Waals surface area contributed by atoms with Crippen LogP contribution in [0.15, 0.2) is 47.9 Å². The minimum absolute atomic E-state index is 0.333. The number of thiophene rings is 1. The van der Waals surface area contributed by atoms with E-state index < -0.39 is 0 Å². The van der Waals surface area contributed by atoms with Gasteiger partial charge in [0.05, 0.1) is 5.57 Å². The van der Waals surface area contributed by atoms with Crippen LogP contribution < -0.4 is 9.64 Å². The molecule has 1 aromatic carbocycles. The van der Waals surface area contributed by atoms with E-state index in [1.54, 1.807) is 11.3 Å². The molecule has 124 valence electrons. The normalized spacial score (nSPS) is 13.6. The van der Waals surface area contributed by atoms with Crippen LogP contribution in [0.3, 0.4) is 0 Å². The largest absolute Gasteiger partial charge is 0.423 e. The number of ether oxygens (including phenoxy) is 1. The van der Waals surface area contributed by atoms with Crippen LogP contribution in [-0.2, 0) is 11.2 Å². The summed E-state index contributed by atoms with van der Waals surface area (Å²) in [6.45, 7) is 9.14. The average Bonchev–Trinajstić information content (AvgIpc) is 2.93. The van der Waals surface area contributed by atoms with Crippen LogP contribution in [0.2, 0.25) is 0 Å². The van der Waals surface area contributed by atoms with Gasteiger partial charge >= 0.3 is 5.97 Å².